The van der Waals surface area contributed by atoms with E-state index in [2.05, 4.69) is 64.1 Å². The van der Waals surface area contributed by atoms with Gasteiger partial charge in [-0.05, 0) is 69.2 Å². The van der Waals surface area contributed by atoms with Crippen molar-refractivity contribution in [3.05, 3.63) is 71.8 Å². The molecule has 100 heavy (non-hydrogen) atoms. The van der Waals surface area contributed by atoms with Crippen LogP contribution in [0.3, 0.4) is 0 Å². The number of cyclic esters (lactones) is 4. The van der Waals surface area contributed by atoms with Gasteiger partial charge in [-0.25, -0.2) is 24.0 Å². The van der Waals surface area contributed by atoms with Crippen LogP contribution < -0.4 is 0 Å². The molecule has 562 valence electrons. The number of rotatable bonds is 36. The first-order valence-corrected chi connectivity index (χ1v) is 31.9. The molecular weight excluding hydrogens is 1830 g/mol. The molecule has 38 heteroatoms. The number of aliphatic hydroxyl groups is 3. The van der Waals surface area contributed by atoms with E-state index >= 15 is 0 Å². The molecule has 0 saturated carbocycles. The van der Waals surface area contributed by atoms with Crippen molar-refractivity contribution in [1.29, 1.82) is 2.67 Å². The Morgan fingerprint density at radius 3 is 1.07 bits per heavy atom. The van der Waals surface area contributed by atoms with E-state index in [0.29, 0.717) is 44.5 Å². The van der Waals surface area contributed by atoms with Crippen molar-refractivity contribution >= 4 is 115 Å². The molecule has 0 aliphatic carbocycles. The van der Waals surface area contributed by atoms with Gasteiger partial charge in [0.15, 0.2) is 0 Å². The fourth-order valence-corrected chi connectivity index (χ4v) is 6.80. The molecule has 2 fully saturated rings. The molecule has 4 radical (unpaired) electrons. The predicted molar refractivity (Wildman–Crippen MR) is 359 cm³/mol. The molecule has 2 aliphatic rings. The molecule has 0 amide bonds. The van der Waals surface area contributed by atoms with Gasteiger partial charge in [-0.15, -0.1) is 0 Å². The van der Waals surface area contributed by atoms with Crippen molar-refractivity contribution in [3.63, 3.8) is 0 Å². The third kappa shape index (κ3) is 45.3. The zero-order valence-electron chi connectivity index (χ0n) is 59.6. The van der Waals surface area contributed by atoms with Gasteiger partial charge in [0.05, 0.1) is 79.3 Å². The second-order valence-electron chi connectivity index (χ2n) is 21.4. The Morgan fingerprint density at radius 2 is 0.740 bits per heavy atom. The average molecular weight is 1930 g/mol. The number of carbonyl (C=O) groups excluding carboxylic acids is 10. The van der Waals surface area contributed by atoms with Gasteiger partial charge in [0.1, 0.15) is 106 Å². The van der Waals surface area contributed by atoms with Gasteiger partial charge in [-0.3, -0.25) is 24.0 Å². The summed E-state index contributed by atoms with van der Waals surface area (Å²) in [5.41, 5.74) is -4.56. The summed E-state index contributed by atoms with van der Waals surface area (Å²) < 4.78 is 98.5. The summed E-state index contributed by atoms with van der Waals surface area (Å²) >= 11 is 11.8. The maximum absolute atomic E-state index is 12.5. The third-order valence-electron chi connectivity index (χ3n) is 12.3. The Morgan fingerprint density at radius 1 is 0.440 bits per heavy atom. The number of aliphatic hydroxyl groups excluding tert-OH is 3. The normalized spacial score (nSPS) is 14.5. The van der Waals surface area contributed by atoms with E-state index in [1.807, 2.05) is 36.4 Å². The number of esters is 5. The standard InChI is InChI=1S/C25H36O12S.C13H14O5.C12H22O7S.C8H12O5.C4H10O2S.2BH.2U/c1-4-32-21(28)25(3,17-36-22(29)33-11-10-31-12-13-38)18-37-23(30)35-16-24(2,15-26)20(27)34-14-19-8-6-5-7-9-19;1-13(8-17-12(15)18-9-13)11(14)16-7-10-5-3-2-4-6-10;1-3-17-10(14)12(2,8-13)9-19-11(15)18-5-4-16-6-7-20;1-3-11-6(9)8(2)4-12-7(10)13-5-8;5-1-2-6-3-4-7;;;;/h5-9,26,38H,4,10-18H2,1-3H3;2-6H,7-9H2,1H3;13,20H,3-9H2,1-2H3;3-5H2,1-2H3;5,7H,1-4H2;2*1H;;/i;;;;;2*1D;;. The predicted octanol–water partition coefficient (Wildman–Crippen LogP) is 4.45. The molecule has 3 N–H and O–H groups in total. The van der Waals surface area contributed by atoms with Crippen LogP contribution in [0.25, 0.3) is 0 Å². The Bertz CT molecular complexity index is 2590. The quantitative estimate of drug-likeness (QED) is 0.0180. The van der Waals surface area contributed by atoms with Crippen molar-refractivity contribution in [2.24, 2.45) is 27.1 Å². The zero-order chi connectivity index (χ0) is 76.3. The number of hydrogen-bond acceptors (Lipinski definition) is 34. The molecule has 31 nitrogen and oxygen atoms in total. The van der Waals surface area contributed by atoms with E-state index in [4.69, 9.17) is 83.6 Å². The van der Waals surface area contributed by atoms with Crippen molar-refractivity contribution in [2.45, 2.75) is 68.6 Å². The number of carbonyl (C=O) groups is 10. The molecular formula is C62H96B2O31S3U2. The summed E-state index contributed by atoms with van der Waals surface area (Å²) in [6, 6.07) is 18.3. The number of ether oxygens (including phenoxy) is 18. The second-order valence-corrected chi connectivity index (χ2v) is 22.7. The van der Waals surface area contributed by atoms with Crippen LogP contribution >= 0.6 is 37.9 Å². The van der Waals surface area contributed by atoms with Crippen molar-refractivity contribution in [1.82, 2.24) is 0 Å². The molecule has 3 atom stereocenters. The largest absolute Gasteiger partial charge is 0.508 e. The first kappa shape index (κ1) is 99.4. The summed E-state index contributed by atoms with van der Waals surface area (Å²) in [4.78, 5) is 116. The summed E-state index contributed by atoms with van der Waals surface area (Å²) in [6.45, 7) is 12.4. The van der Waals surface area contributed by atoms with E-state index in [0.717, 1.165) is 16.9 Å². The SMILES string of the molecule is CC1(C(=O)OCc2ccccc2)COC(=O)OC1.CCOC(=O)C(C)(CO)COC(=O)OCCOCCS.CCOC(=O)C(C)(COC(=O)OCCOCCS)COC(=O)OCC(C)(CO)C(=O)OCc1ccccc1.CCOC(=O)C1(C)COC(=O)OC1.OCCOCCS.[2H][B].[2H][B].[U].[U]. The van der Waals surface area contributed by atoms with Crippen molar-refractivity contribution in [2.75, 3.05) is 163 Å². The Labute approximate surface area is 653 Å². The summed E-state index contributed by atoms with van der Waals surface area (Å²) in [6.07, 6.45) is -4.68. The van der Waals surface area contributed by atoms with Crippen LogP contribution in [0.1, 0.15) is 66.5 Å². The van der Waals surface area contributed by atoms with Crippen LogP contribution in [-0.2, 0) is 122 Å². The molecule has 2 heterocycles. The number of thiol groups is 3. The van der Waals surface area contributed by atoms with E-state index in [-0.39, 0.29) is 155 Å². The molecule has 2 saturated heterocycles. The Balaban J connectivity index is -0.000000414. The minimum absolute atomic E-state index is 0. The van der Waals surface area contributed by atoms with Gasteiger partial charge in [0.2, 0.25) is 0 Å². The number of hydrogen-bond donors (Lipinski definition) is 6. The maximum atomic E-state index is 12.5. The second kappa shape index (κ2) is 60.6. The molecule has 3 unspecified atom stereocenters. The molecule has 4 rings (SSSR count). The zero-order valence-corrected chi connectivity index (χ0v) is 68.6. The van der Waals surface area contributed by atoms with Crippen LogP contribution in [0, 0.1) is 89.3 Å². The fourth-order valence-electron chi connectivity index (χ4n) is 6.41. The molecule has 2 aromatic rings. The van der Waals surface area contributed by atoms with Crippen LogP contribution in [0.2, 0.25) is 0 Å². The van der Waals surface area contributed by atoms with Gasteiger partial charge >= 0.3 is 60.6 Å². The Kier molecular flexibility index (Phi) is 60.2. The van der Waals surface area contributed by atoms with E-state index < -0.39 is 121 Å². The summed E-state index contributed by atoms with van der Waals surface area (Å²) in [7, 11) is 7.50. The van der Waals surface area contributed by atoms with Gasteiger partial charge in [0.25, 0.3) is 0 Å². The molecule has 0 aromatic heterocycles. The van der Waals surface area contributed by atoms with Crippen molar-refractivity contribution < 1.29 is 211 Å². The smallest absolute Gasteiger partial charge is 0.465 e. The van der Waals surface area contributed by atoms with Crippen LogP contribution in [0.15, 0.2) is 60.7 Å². The topological polar surface area (TPSA) is 398 Å². The van der Waals surface area contributed by atoms with Crippen LogP contribution in [-0.4, -0.2) is 258 Å². The first-order chi connectivity index (χ1) is 47.7. The van der Waals surface area contributed by atoms with Gasteiger partial charge in [-0.2, -0.15) is 37.9 Å². The van der Waals surface area contributed by atoms with E-state index in [1.54, 1.807) is 58.9 Å². The fraction of sp³-hybridized carbons (Fsp3) is 0.645. The van der Waals surface area contributed by atoms with Crippen molar-refractivity contribution in [3.8, 4) is 0 Å². The van der Waals surface area contributed by atoms with Crippen LogP contribution in [0.5, 0.6) is 0 Å². The summed E-state index contributed by atoms with van der Waals surface area (Å²) in [5, 5.41) is 27.1. The minimum Gasteiger partial charge on any atom is -0.465 e. The van der Waals surface area contributed by atoms with Crippen LogP contribution in [0.4, 0.5) is 24.0 Å². The minimum atomic E-state index is -1.58. The molecule has 0 bridgehead atoms. The van der Waals surface area contributed by atoms with Gasteiger partial charge in [-0.1, -0.05) is 60.7 Å². The first-order valence-electron chi connectivity index (χ1n) is 31.2. The van der Waals surface area contributed by atoms with E-state index in [1.165, 1.54) is 20.8 Å². The Hall–Kier alpha value is -4.82. The maximum Gasteiger partial charge on any atom is 0.508 e. The summed E-state index contributed by atoms with van der Waals surface area (Å²) in [5.74, 6) is -1.21. The third-order valence-corrected chi connectivity index (χ3v) is 12.9. The van der Waals surface area contributed by atoms with Gasteiger partial charge < -0.3 is 101 Å². The monoisotopic (exact) mass is 1930 g/mol. The molecule has 0 spiro atoms. The number of benzene rings is 2. The molecule has 2 aliphatic heterocycles. The van der Waals surface area contributed by atoms with Gasteiger partial charge in [0, 0.05) is 96.2 Å². The van der Waals surface area contributed by atoms with E-state index in [9.17, 15) is 58.2 Å². The average Bonchev–Trinajstić information content (AvgIpc) is 0.853. The molecule has 2 aromatic carbocycles.